The van der Waals surface area contributed by atoms with Crippen LogP contribution in [0.1, 0.15) is 54.0 Å². The van der Waals surface area contributed by atoms with Gasteiger partial charge in [-0.2, -0.15) is 0 Å². The largest absolute Gasteiger partial charge is 0.494 e. The molecule has 0 spiro atoms. The van der Waals surface area contributed by atoms with E-state index >= 15 is 0 Å². The highest BCUT2D eigenvalue weighted by molar-refractivity contribution is 6.62. The van der Waals surface area contributed by atoms with Crippen molar-refractivity contribution in [2.75, 3.05) is 5.32 Å². The number of carbonyl (C=O) groups excluding carboxylic acids is 2. The van der Waals surface area contributed by atoms with Crippen LogP contribution in [0.25, 0.3) is 0 Å². The van der Waals surface area contributed by atoms with Crippen LogP contribution >= 0.6 is 0 Å². The Morgan fingerprint density at radius 2 is 1.59 bits per heavy atom. The Labute approximate surface area is 202 Å². The average molecular weight is 466 g/mol. The van der Waals surface area contributed by atoms with Crippen molar-refractivity contribution in [3.8, 4) is 0 Å². The van der Waals surface area contributed by atoms with E-state index in [4.69, 9.17) is 14.0 Å². The lowest BCUT2D eigenvalue weighted by Gasteiger charge is -2.32. The summed E-state index contributed by atoms with van der Waals surface area (Å²) in [6.45, 7) is 13.3. The summed E-state index contributed by atoms with van der Waals surface area (Å²) in [7, 11) is -0.540. The van der Waals surface area contributed by atoms with Gasteiger partial charge in [0, 0.05) is 12.1 Å². The van der Waals surface area contributed by atoms with E-state index in [9.17, 15) is 9.59 Å². The molecule has 3 rings (SSSR count). The summed E-state index contributed by atoms with van der Waals surface area (Å²) >= 11 is 0. The Bertz CT molecular complexity index is 1000. The first kappa shape index (κ1) is 25.8. The van der Waals surface area contributed by atoms with Gasteiger partial charge in [0.25, 0.3) is 0 Å². The third kappa shape index (κ3) is 6.61. The molecular weight excluding hydrogens is 431 g/mol. The van der Waals surface area contributed by atoms with Gasteiger partial charge in [-0.3, -0.25) is 4.79 Å². The van der Waals surface area contributed by atoms with E-state index in [0.717, 1.165) is 11.0 Å². The van der Waals surface area contributed by atoms with Gasteiger partial charge in [0.05, 0.1) is 11.2 Å². The molecule has 1 aliphatic rings. The normalized spacial score (nSPS) is 17.7. The molecule has 182 valence electrons. The molecule has 8 heteroatoms. The van der Waals surface area contributed by atoms with Gasteiger partial charge in [0.2, 0.25) is 5.91 Å². The van der Waals surface area contributed by atoms with Gasteiger partial charge < -0.3 is 24.7 Å². The summed E-state index contributed by atoms with van der Waals surface area (Å²) in [6.07, 6.45) is -0.322. The maximum absolute atomic E-state index is 13.2. The van der Waals surface area contributed by atoms with Gasteiger partial charge in [-0.1, -0.05) is 42.5 Å². The predicted octanol–water partition coefficient (Wildman–Crippen LogP) is 4.06. The summed E-state index contributed by atoms with van der Waals surface area (Å²) in [5, 5.41) is 5.63. The number of nitrogens with one attached hydrogen (secondary N) is 2. The average Bonchev–Trinajstić information content (AvgIpc) is 2.94. The molecule has 7 nitrogen and oxygen atoms in total. The second kappa shape index (κ2) is 9.80. The van der Waals surface area contributed by atoms with Crippen LogP contribution in [0.2, 0.25) is 0 Å². The molecule has 0 saturated carbocycles. The lowest BCUT2D eigenvalue weighted by atomic mass is 9.79. The number of benzene rings is 2. The maximum Gasteiger partial charge on any atom is 0.494 e. The first-order valence-corrected chi connectivity index (χ1v) is 11.6. The molecule has 1 atom stereocenters. The van der Waals surface area contributed by atoms with Crippen molar-refractivity contribution in [2.45, 2.75) is 77.7 Å². The summed E-state index contributed by atoms with van der Waals surface area (Å²) in [6, 6.07) is 16.1. The fourth-order valence-corrected chi connectivity index (χ4v) is 3.48. The first-order valence-electron chi connectivity index (χ1n) is 11.6. The molecule has 2 N–H and O–H groups in total. The minimum Gasteiger partial charge on any atom is -0.444 e. The van der Waals surface area contributed by atoms with Crippen LogP contribution in [0.3, 0.4) is 0 Å². The van der Waals surface area contributed by atoms with Crippen LogP contribution in [0, 0.1) is 0 Å². The Balaban J connectivity index is 1.75. The number of ether oxygens (including phenoxy) is 1. The van der Waals surface area contributed by atoms with Crippen molar-refractivity contribution in [1.29, 1.82) is 0 Å². The van der Waals surface area contributed by atoms with Crippen LogP contribution in [-0.4, -0.2) is 42.0 Å². The molecule has 2 aromatic carbocycles. The zero-order valence-electron chi connectivity index (χ0n) is 21.1. The Morgan fingerprint density at radius 3 is 2.18 bits per heavy atom. The summed E-state index contributed by atoms with van der Waals surface area (Å²) < 4.78 is 17.6. The van der Waals surface area contributed by atoms with E-state index in [1.165, 1.54) is 0 Å². The van der Waals surface area contributed by atoms with E-state index in [0.29, 0.717) is 12.1 Å². The predicted molar refractivity (Wildman–Crippen MR) is 134 cm³/mol. The van der Waals surface area contributed by atoms with Crippen LogP contribution in [0.4, 0.5) is 10.5 Å². The van der Waals surface area contributed by atoms with Crippen LogP contribution < -0.4 is 16.1 Å². The standard InChI is InChI=1S/C26H35BN2O5/c1-24(2,3)32-23(31)29-21(16-18-12-9-8-10-13-18)22(30)28-20-15-11-14-19(17-20)27-33-25(4,5)26(6,7)34-27/h8-15,17,21H,16H2,1-7H3,(H,28,30)(H,29,31)/t21-/m0/s1. The molecule has 0 unspecified atom stereocenters. The maximum atomic E-state index is 13.2. The Hall–Kier alpha value is -2.84. The van der Waals surface area contributed by atoms with E-state index < -0.39 is 36.1 Å². The summed E-state index contributed by atoms with van der Waals surface area (Å²) in [5.74, 6) is -0.346. The van der Waals surface area contributed by atoms with E-state index in [2.05, 4.69) is 10.6 Å². The number of hydrogen-bond donors (Lipinski definition) is 2. The molecule has 0 aliphatic carbocycles. The lowest BCUT2D eigenvalue weighted by molar-refractivity contribution is -0.118. The van der Waals surface area contributed by atoms with Crippen molar-refractivity contribution in [3.63, 3.8) is 0 Å². The van der Waals surface area contributed by atoms with Gasteiger partial charge >= 0.3 is 13.2 Å². The molecule has 0 bridgehead atoms. The highest BCUT2D eigenvalue weighted by Gasteiger charge is 2.51. The fraction of sp³-hybridized carbons (Fsp3) is 0.462. The van der Waals surface area contributed by atoms with E-state index in [1.54, 1.807) is 26.8 Å². The number of rotatable bonds is 6. The molecule has 1 aliphatic heterocycles. The second-order valence-electron chi connectivity index (χ2n) is 10.6. The number of anilines is 1. The van der Waals surface area contributed by atoms with Crippen molar-refractivity contribution in [1.82, 2.24) is 5.32 Å². The number of hydrogen-bond acceptors (Lipinski definition) is 5. The molecular formula is C26H35BN2O5. The Morgan fingerprint density at radius 1 is 0.971 bits per heavy atom. The third-order valence-electron chi connectivity index (χ3n) is 5.97. The molecule has 0 aromatic heterocycles. The monoisotopic (exact) mass is 466 g/mol. The van der Waals surface area contributed by atoms with E-state index in [-0.39, 0.29) is 5.91 Å². The van der Waals surface area contributed by atoms with Gasteiger partial charge in [0.1, 0.15) is 11.6 Å². The van der Waals surface area contributed by atoms with Crippen molar-refractivity contribution in [2.24, 2.45) is 0 Å². The molecule has 34 heavy (non-hydrogen) atoms. The Kier molecular flexibility index (Phi) is 7.43. The zero-order chi connectivity index (χ0) is 25.1. The highest BCUT2D eigenvalue weighted by atomic mass is 16.7. The lowest BCUT2D eigenvalue weighted by Crippen LogP contribution is -2.47. The molecule has 1 heterocycles. The van der Waals surface area contributed by atoms with Crippen molar-refractivity contribution >= 4 is 30.3 Å². The minimum atomic E-state index is -0.822. The fourth-order valence-electron chi connectivity index (χ4n) is 3.48. The van der Waals surface area contributed by atoms with Crippen LogP contribution in [-0.2, 0) is 25.3 Å². The highest BCUT2D eigenvalue weighted by Crippen LogP contribution is 2.36. The summed E-state index contributed by atoms with van der Waals surface area (Å²) in [4.78, 5) is 25.6. The van der Waals surface area contributed by atoms with Crippen molar-refractivity contribution < 1.29 is 23.6 Å². The molecule has 1 saturated heterocycles. The van der Waals surface area contributed by atoms with Gasteiger partial charge in [0.15, 0.2) is 0 Å². The smallest absolute Gasteiger partial charge is 0.444 e. The van der Waals surface area contributed by atoms with Crippen molar-refractivity contribution in [3.05, 3.63) is 60.2 Å². The van der Waals surface area contributed by atoms with Gasteiger partial charge in [-0.15, -0.1) is 0 Å². The van der Waals surface area contributed by atoms with Gasteiger partial charge in [-0.25, -0.2) is 4.79 Å². The topological polar surface area (TPSA) is 85.9 Å². The third-order valence-corrected chi connectivity index (χ3v) is 5.97. The van der Waals surface area contributed by atoms with Crippen LogP contribution in [0.15, 0.2) is 54.6 Å². The van der Waals surface area contributed by atoms with Gasteiger partial charge in [-0.05, 0) is 71.6 Å². The SMILES string of the molecule is CC(C)(C)OC(=O)N[C@@H](Cc1ccccc1)C(=O)Nc1cccc(B2OC(C)(C)C(C)(C)O2)c1. The minimum absolute atomic E-state index is 0.322. The molecule has 0 radical (unpaired) electrons. The van der Waals surface area contributed by atoms with Crippen LogP contribution in [0.5, 0.6) is 0 Å². The summed E-state index contributed by atoms with van der Waals surface area (Å²) in [5.41, 5.74) is 0.709. The quantitative estimate of drug-likeness (QED) is 0.628. The molecule has 2 amide bonds. The second-order valence-corrected chi connectivity index (χ2v) is 10.6. The molecule has 1 fully saturated rings. The first-order chi connectivity index (χ1) is 15.8. The molecule has 2 aromatic rings. The van der Waals surface area contributed by atoms with E-state index in [1.807, 2.05) is 76.2 Å². The number of amides is 2. The number of carbonyl (C=O) groups is 2. The zero-order valence-corrected chi connectivity index (χ0v) is 21.1. The number of alkyl carbamates (subject to hydrolysis) is 1.